The van der Waals surface area contributed by atoms with E-state index in [2.05, 4.69) is 29.0 Å². The predicted octanol–water partition coefficient (Wildman–Crippen LogP) is 2.41. The summed E-state index contributed by atoms with van der Waals surface area (Å²) in [6, 6.07) is 6.22. The highest BCUT2D eigenvalue weighted by Crippen LogP contribution is 2.21. The molecular formula is C20H29N5O3S. The fourth-order valence-electron chi connectivity index (χ4n) is 4.14. The SMILES string of the molecule is C[C@@H]1C[C@H](C)CN(C(=O)CN2CCN(C(=S)Nc3ccc([N+](=O)[O-])cc3)CC2)C1. The van der Waals surface area contributed by atoms with Gasteiger partial charge in [0.05, 0.1) is 11.5 Å². The van der Waals surface area contributed by atoms with Crippen molar-refractivity contribution in [3.8, 4) is 0 Å². The Labute approximate surface area is 177 Å². The van der Waals surface area contributed by atoms with E-state index in [4.69, 9.17) is 12.2 Å². The Morgan fingerprint density at radius 2 is 1.69 bits per heavy atom. The van der Waals surface area contributed by atoms with Crippen molar-refractivity contribution in [2.45, 2.75) is 20.3 Å². The van der Waals surface area contributed by atoms with Crippen molar-refractivity contribution in [1.29, 1.82) is 0 Å². The quantitative estimate of drug-likeness (QED) is 0.456. The molecule has 2 atom stereocenters. The molecule has 0 aliphatic carbocycles. The largest absolute Gasteiger partial charge is 0.346 e. The lowest BCUT2D eigenvalue weighted by atomic mass is 9.92. The van der Waals surface area contributed by atoms with Gasteiger partial charge >= 0.3 is 0 Å². The van der Waals surface area contributed by atoms with Crippen LogP contribution in [0.25, 0.3) is 0 Å². The van der Waals surface area contributed by atoms with Crippen LogP contribution in [-0.2, 0) is 4.79 Å². The monoisotopic (exact) mass is 419 g/mol. The third-order valence-electron chi connectivity index (χ3n) is 5.57. The number of anilines is 1. The summed E-state index contributed by atoms with van der Waals surface area (Å²) in [6.07, 6.45) is 1.20. The minimum Gasteiger partial charge on any atom is -0.346 e. The number of nitro groups is 1. The summed E-state index contributed by atoms with van der Waals surface area (Å²) in [5, 5.41) is 14.5. The lowest BCUT2D eigenvalue weighted by molar-refractivity contribution is -0.384. The lowest BCUT2D eigenvalue weighted by Gasteiger charge is -2.39. The highest BCUT2D eigenvalue weighted by Gasteiger charge is 2.27. The van der Waals surface area contributed by atoms with Gasteiger partial charge in [0, 0.05) is 57.1 Å². The van der Waals surface area contributed by atoms with Gasteiger partial charge in [0.25, 0.3) is 5.69 Å². The zero-order valence-electron chi connectivity index (χ0n) is 17.0. The van der Waals surface area contributed by atoms with E-state index in [0.717, 1.165) is 45.0 Å². The van der Waals surface area contributed by atoms with Gasteiger partial charge < -0.3 is 15.1 Å². The third-order valence-corrected chi connectivity index (χ3v) is 5.93. The topological polar surface area (TPSA) is 82.0 Å². The zero-order valence-corrected chi connectivity index (χ0v) is 17.9. The molecule has 2 aliphatic heterocycles. The number of amides is 1. The number of benzene rings is 1. The van der Waals surface area contributed by atoms with Crippen LogP contribution in [0.3, 0.4) is 0 Å². The van der Waals surface area contributed by atoms with Gasteiger partial charge in [-0.25, -0.2) is 0 Å². The van der Waals surface area contributed by atoms with Gasteiger partial charge in [-0.2, -0.15) is 0 Å². The molecule has 1 N–H and O–H groups in total. The van der Waals surface area contributed by atoms with Crippen LogP contribution in [0, 0.1) is 22.0 Å². The molecule has 0 unspecified atom stereocenters. The van der Waals surface area contributed by atoms with E-state index in [1.54, 1.807) is 12.1 Å². The van der Waals surface area contributed by atoms with E-state index in [0.29, 0.717) is 23.5 Å². The minimum absolute atomic E-state index is 0.0530. The maximum atomic E-state index is 12.7. The van der Waals surface area contributed by atoms with E-state index >= 15 is 0 Å². The zero-order chi connectivity index (χ0) is 21.0. The van der Waals surface area contributed by atoms with Gasteiger partial charge in [-0.1, -0.05) is 13.8 Å². The van der Waals surface area contributed by atoms with Crippen molar-refractivity contribution in [2.75, 3.05) is 51.1 Å². The fraction of sp³-hybridized carbons (Fsp3) is 0.600. The molecule has 1 aromatic carbocycles. The Bertz CT molecular complexity index is 739. The van der Waals surface area contributed by atoms with Gasteiger partial charge in [-0.3, -0.25) is 19.8 Å². The molecule has 2 fully saturated rings. The van der Waals surface area contributed by atoms with E-state index in [1.807, 2.05) is 4.90 Å². The first-order valence-corrected chi connectivity index (χ1v) is 10.5. The Morgan fingerprint density at radius 3 is 2.24 bits per heavy atom. The molecular weight excluding hydrogens is 390 g/mol. The number of carbonyl (C=O) groups excluding carboxylic acids is 1. The number of rotatable bonds is 4. The molecule has 0 bridgehead atoms. The van der Waals surface area contributed by atoms with E-state index in [-0.39, 0.29) is 11.6 Å². The first-order valence-electron chi connectivity index (χ1n) is 10.1. The summed E-state index contributed by atoms with van der Waals surface area (Å²) < 4.78 is 0. The number of carbonyl (C=O) groups is 1. The number of piperidine rings is 1. The molecule has 0 spiro atoms. The third kappa shape index (κ3) is 5.86. The van der Waals surface area contributed by atoms with Crippen molar-refractivity contribution in [2.24, 2.45) is 11.8 Å². The van der Waals surface area contributed by atoms with Crippen molar-refractivity contribution in [1.82, 2.24) is 14.7 Å². The smallest absolute Gasteiger partial charge is 0.269 e. The standard InChI is InChI=1S/C20H29N5O3S/c1-15-11-16(2)13-24(12-15)19(26)14-22-7-9-23(10-8-22)20(29)21-17-3-5-18(6-4-17)25(27)28/h3-6,15-16H,7-14H2,1-2H3,(H,21,29)/t15-,16+. The second kappa shape index (κ2) is 9.49. The fourth-order valence-corrected chi connectivity index (χ4v) is 4.44. The van der Waals surface area contributed by atoms with Crippen LogP contribution >= 0.6 is 12.2 Å². The molecule has 2 saturated heterocycles. The molecule has 2 aliphatic rings. The summed E-state index contributed by atoms with van der Waals surface area (Å²) in [7, 11) is 0. The molecule has 8 nitrogen and oxygen atoms in total. The van der Waals surface area contributed by atoms with Gasteiger partial charge in [0.1, 0.15) is 0 Å². The normalized spacial score (nSPS) is 23.0. The van der Waals surface area contributed by atoms with E-state index in [9.17, 15) is 14.9 Å². The van der Waals surface area contributed by atoms with Crippen LogP contribution in [0.5, 0.6) is 0 Å². The van der Waals surface area contributed by atoms with Gasteiger partial charge in [0.2, 0.25) is 5.91 Å². The molecule has 9 heteroatoms. The first kappa shape index (κ1) is 21.4. The highest BCUT2D eigenvalue weighted by molar-refractivity contribution is 7.80. The van der Waals surface area contributed by atoms with Crippen molar-refractivity contribution >= 4 is 34.6 Å². The number of nitrogens with zero attached hydrogens (tertiary/aromatic N) is 4. The lowest BCUT2D eigenvalue weighted by Crippen LogP contribution is -2.53. The predicted molar refractivity (Wildman–Crippen MR) is 117 cm³/mol. The number of hydrogen-bond donors (Lipinski definition) is 1. The number of thiocarbonyl (C=S) groups is 1. The molecule has 0 saturated carbocycles. The maximum Gasteiger partial charge on any atom is 0.269 e. The number of likely N-dealkylation sites (tertiary alicyclic amines) is 1. The number of piperazine rings is 1. The molecule has 29 heavy (non-hydrogen) atoms. The van der Waals surface area contributed by atoms with Gasteiger partial charge in [-0.15, -0.1) is 0 Å². The second-order valence-corrected chi connectivity index (χ2v) is 8.63. The average molecular weight is 420 g/mol. The number of hydrogen-bond acceptors (Lipinski definition) is 5. The first-order chi connectivity index (χ1) is 13.8. The Kier molecular flexibility index (Phi) is 7.02. The molecule has 0 aromatic heterocycles. The molecule has 0 radical (unpaired) electrons. The van der Waals surface area contributed by atoms with Gasteiger partial charge in [0.15, 0.2) is 5.11 Å². The number of non-ortho nitro benzene ring substituents is 1. The van der Waals surface area contributed by atoms with Crippen LogP contribution in [0.15, 0.2) is 24.3 Å². The van der Waals surface area contributed by atoms with E-state index in [1.165, 1.54) is 18.6 Å². The number of nitro benzene ring substituents is 1. The Balaban J connectivity index is 1.44. The molecule has 2 heterocycles. The van der Waals surface area contributed by atoms with Gasteiger partial charge in [-0.05, 0) is 42.6 Å². The van der Waals surface area contributed by atoms with Crippen LogP contribution in [0.2, 0.25) is 0 Å². The van der Waals surface area contributed by atoms with E-state index < -0.39 is 4.92 Å². The highest BCUT2D eigenvalue weighted by atomic mass is 32.1. The van der Waals surface area contributed by atoms with Crippen molar-refractivity contribution in [3.63, 3.8) is 0 Å². The molecule has 1 amide bonds. The van der Waals surface area contributed by atoms with Crippen LogP contribution in [-0.4, -0.2) is 76.5 Å². The van der Waals surface area contributed by atoms with Crippen LogP contribution in [0.4, 0.5) is 11.4 Å². The minimum atomic E-state index is -0.423. The van der Waals surface area contributed by atoms with Crippen LogP contribution in [0.1, 0.15) is 20.3 Å². The summed E-state index contributed by atoms with van der Waals surface area (Å²) in [4.78, 5) is 29.3. The second-order valence-electron chi connectivity index (χ2n) is 8.24. The number of nitrogens with one attached hydrogen (secondary N) is 1. The van der Waals surface area contributed by atoms with Crippen LogP contribution < -0.4 is 5.32 Å². The average Bonchev–Trinajstić information content (AvgIpc) is 2.68. The molecule has 1 aromatic rings. The molecule has 3 rings (SSSR count). The maximum absolute atomic E-state index is 12.7. The Hall–Kier alpha value is -2.26. The summed E-state index contributed by atoms with van der Waals surface area (Å²) in [5.74, 6) is 1.37. The van der Waals surface area contributed by atoms with Crippen molar-refractivity contribution in [3.05, 3.63) is 34.4 Å². The summed E-state index contributed by atoms with van der Waals surface area (Å²) >= 11 is 5.48. The summed E-state index contributed by atoms with van der Waals surface area (Å²) in [6.45, 7) is 9.70. The molecule has 158 valence electrons. The Morgan fingerprint density at radius 1 is 1.10 bits per heavy atom. The van der Waals surface area contributed by atoms with Crippen molar-refractivity contribution < 1.29 is 9.72 Å². The summed E-state index contributed by atoms with van der Waals surface area (Å²) in [5.41, 5.74) is 0.781.